The minimum atomic E-state index is -0.193. The molecule has 0 saturated heterocycles. The van der Waals surface area contributed by atoms with E-state index in [4.69, 9.17) is 21.4 Å². The van der Waals surface area contributed by atoms with Crippen molar-refractivity contribution in [3.8, 4) is 23.0 Å². The van der Waals surface area contributed by atoms with Gasteiger partial charge in [0.05, 0.1) is 18.5 Å². The van der Waals surface area contributed by atoms with Gasteiger partial charge in [0.15, 0.2) is 5.82 Å². The van der Waals surface area contributed by atoms with Crippen molar-refractivity contribution in [3.63, 3.8) is 0 Å². The molecule has 27 heavy (non-hydrogen) atoms. The van der Waals surface area contributed by atoms with Gasteiger partial charge in [-0.1, -0.05) is 11.6 Å². The van der Waals surface area contributed by atoms with E-state index in [0.717, 1.165) is 0 Å². The van der Waals surface area contributed by atoms with E-state index in [1.807, 2.05) is 6.92 Å². The van der Waals surface area contributed by atoms with Gasteiger partial charge >= 0.3 is 0 Å². The Morgan fingerprint density at radius 1 is 1.30 bits per heavy atom. The molecular formula is C17H19ClN6O3. The molecule has 10 heteroatoms. The monoisotopic (exact) mass is 390 g/mol. The fraction of sp³-hybridized carbons (Fsp3) is 0.294. The molecule has 3 N–H and O–H groups in total. The van der Waals surface area contributed by atoms with Crippen LogP contribution in [0.2, 0.25) is 5.02 Å². The molecule has 0 saturated carbocycles. The van der Waals surface area contributed by atoms with Crippen LogP contribution in [-0.4, -0.2) is 47.7 Å². The van der Waals surface area contributed by atoms with Gasteiger partial charge < -0.3 is 20.3 Å². The van der Waals surface area contributed by atoms with Gasteiger partial charge in [-0.05, 0) is 13.0 Å². The maximum Gasteiger partial charge on any atom is 0.220 e. The normalized spacial score (nSPS) is 12.0. The number of aliphatic hydroxyl groups is 1. The molecule has 0 radical (unpaired) electrons. The molecule has 3 aromatic rings. The van der Waals surface area contributed by atoms with Crippen LogP contribution in [0.5, 0.6) is 11.6 Å². The summed E-state index contributed by atoms with van der Waals surface area (Å²) in [6.07, 6.45) is 4.82. The lowest BCUT2D eigenvalue weighted by molar-refractivity contribution is 0.169. The molecule has 1 unspecified atom stereocenters. The minimum absolute atomic E-state index is 0.0228. The van der Waals surface area contributed by atoms with Crippen LogP contribution in [0, 0.1) is 0 Å². The summed E-state index contributed by atoms with van der Waals surface area (Å²) in [5.74, 6) is 1.71. The molecule has 0 aliphatic heterocycles. The number of nitrogens with zero attached hydrogens (tertiary/aromatic N) is 5. The Morgan fingerprint density at radius 3 is 2.81 bits per heavy atom. The number of hydrogen-bond donors (Lipinski definition) is 3. The van der Waals surface area contributed by atoms with Crippen LogP contribution < -0.4 is 10.1 Å². The van der Waals surface area contributed by atoms with Crippen molar-refractivity contribution in [1.29, 1.82) is 0 Å². The molecule has 0 spiro atoms. The van der Waals surface area contributed by atoms with Crippen LogP contribution >= 0.6 is 11.6 Å². The molecule has 0 aromatic carbocycles. The third-order valence-corrected chi connectivity index (χ3v) is 4.03. The summed E-state index contributed by atoms with van der Waals surface area (Å²) in [6, 6.07) is 3.32. The summed E-state index contributed by atoms with van der Waals surface area (Å²) in [7, 11) is 1.62. The third-order valence-electron chi connectivity index (χ3n) is 3.74. The Kier molecular flexibility index (Phi) is 5.72. The Hall–Kier alpha value is -2.91. The number of anilines is 2. The number of halogens is 1. The second-order valence-corrected chi connectivity index (χ2v) is 6.24. The second kappa shape index (κ2) is 8.19. The molecule has 9 nitrogen and oxygen atoms in total. The number of hydrogen-bond acceptors (Lipinski definition) is 8. The van der Waals surface area contributed by atoms with Crippen molar-refractivity contribution in [2.45, 2.75) is 19.4 Å². The number of ether oxygens (including phenoxy) is 1. The Labute approximate surface area is 160 Å². The van der Waals surface area contributed by atoms with E-state index in [-0.39, 0.29) is 18.6 Å². The lowest BCUT2D eigenvalue weighted by Gasteiger charge is -2.15. The maximum atomic E-state index is 10.0. The van der Waals surface area contributed by atoms with Crippen LogP contribution in [0.25, 0.3) is 11.4 Å². The highest BCUT2D eigenvalue weighted by Gasteiger charge is 2.13. The summed E-state index contributed by atoms with van der Waals surface area (Å²) in [4.78, 5) is 12.7. The smallest absolute Gasteiger partial charge is 0.220 e. The SMILES string of the molecule is CC(CCO)Oc1cc(Nc2ccnc(-c3cnn(C)c3O)n2)ncc1Cl. The van der Waals surface area contributed by atoms with Gasteiger partial charge in [0.1, 0.15) is 28.0 Å². The van der Waals surface area contributed by atoms with Crippen molar-refractivity contribution in [2.24, 2.45) is 7.05 Å². The first kappa shape index (κ1) is 18.9. The molecule has 0 bridgehead atoms. The predicted octanol–water partition coefficient (Wildman–Crippen LogP) is 2.52. The average molecular weight is 391 g/mol. The van der Waals surface area contributed by atoms with E-state index < -0.39 is 0 Å². The summed E-state index contributed by atoms with van der Waals surface area (Å²) < 4.78 is 7.06. The zero-order valence-electron chi connectivity index (χ0n) is 14.8. The molecule has 0 fully saturated rings. The highest BCUT2D eigenvalue weighted by Crippen LogP contribution is 2.29. The zero-order chi connectivity index (χ0) is 19.4. The highest BCUT2D eigenvalue weighted by molar-refractivity contribution is 6.32. The average Bonchev–Trinajstić information content (AvgIpc) is 2.97. The number of pyridine rings is 1. The quantitative estimate of drug-likeness (QED) is 0.563. The largest absolute Gasteiger partial charge is 0.493 e. The number of aryl methyl sites for hydroxylation is 1. The van der Waals surface area contributed by atoms with E-state index in [9.17, 15) is 5.11 Å². The van der Waals surface area contributed by atoms with Crippen LogP contribution in [0.15, 0.2) is 30.7 Å². The van der Waals surface area contributed by atoms with Crippen LogP contribution in [0.4, 0.5) is 11.6 Å². The van der Waals surface area contributed by atoms with Gasteiger partial charge in [-0.3, -0.25) is 0 Å². The lowest BCUT2D eigenvalue weighted by atomic mass is 10.3. The first-order chi connectivity index (χ1) is 13.0. The van der Waals surface area contributed by atoms with Crippen LogP contribution in [0.1, 0.15) is 13.3 Å². The lowest BCUT2D eigenvalue weighted by Crippen LogP contribution is -2.13. The summed E-state index contributed by atoms with van der Waals surface area (Å²) in [5.41, 5.74) is 0.423. The zero-order valence-corrected chi connectivity index (χ0v) is 15.6. The summed E-state index contributed by atoms with van der Waals surface area (Å²) in [5, 5.41) is 26.4. The molecule has 1 atom stereocenters. The molecule has 0 aliphatic carbocycles. The second-order valence-electron chi connectivity index (χ2n) is 5.84. The molecule has 3 heterocycles. The number of aliphatic hydroxyl groups excluding tert-OH is 1. The van der Waals surface area contributed by atoms with Crippen LogP contribution in [0.3, 0.4) is 0 Å². The number of nitrogens with one attached hydrogen (secondary N) is 1. The molecule has 3 rings (SSSR count). The maximum absolute atomic E-state index is 10.0. The van der Waals surface area contributed by atoms with Gasteiger partial charge in [0.2, 0.25) is 5.88 Å². The predicted molar refractivity (Wildman–Crippen MR) is 100 cm³/mol. The summed E-state index contributed by atoms with van der Waals surface area (Å²) >= 11 is 6.13. The Balaban J connectivity index is 1.81. The fourth-order valence-corrected chi connectivity index (χ4v) is 2.46. The first-order valence-electron chi connectivity index (χ1n) is 8.22. The van der Waals surface area contributed by atoms with Gasteiger partial charge in [-0.2, -0.15) is 5.10 Å². The third kappa shape index (κ3) is 4.44. The van der Waals surface area contributed by atoms with E-state index in [0.29, 0.717) is 40.2 Å². The van der Waals surface area contributed by atoms with Gasteiger partial charge in [0, 0.05) is 32.3 Å². The van der Waals surface area contributed by atoms with E-state index in [1.165, 1.54) is 17.1 Å². The van der Waals surface area contributed by atoms with Gasteiger partial charge in [-0.15, -0.1) is 0 Å². The Bertz CT molecular complexity index is 933. The van der Waals surface area contributed by atoms with Crippen molar-refractivity contribution in [2.75, 3.05) is 11.9 Å². The number of aromatic hydroxyl groups is 1. The van der Waals surface area contributed by atoms with E-state index in [2.05, 4.69) is 25.4 Å². The molecule has 0 aliphatic rings. The van der Waals surface area contributed by atoms with E-state index >= 15 is 0 Å². The Morgan fingerprint density at radius 2 is 2.11 bits per heavy atom. The first-order valence-corrected chi connectivity index (χ1v) is 8.60. The van der Waals surface area contributed by atoms with Crippen molar-refractivity contribution in [1.82, 2.24) is 24.7 Å². The van der Waals surface area contributed by atoms with Crippen LogP contribution in [-0.2, 0) is 7.05 Å². The summed E-state index contributed by atoms with van der Waals surface area (Å²) in [6.45, 7) is 1.87. The number of aromatic nitrogens is 5. The van der Waals surface area contributed by atoms with Gasteiger partial charge in [-0.25, -0.2) is 19.6 Å². The number of rotatable bonds is 7. The topological polar surface area (TPSA) is 118 Å². The van der Waals surface area contributed by atoms with E-state index in [1.54, 1.807) is 25.4 Å². The molecule has 0 amide bonds. The fourth-order valence-electron chi connectivity index (χ4n) is 2.31. The molecular weight excluding hydrogens is 372 g/mol. The van der Waals surface area contributed by atoms with Crippen molar-refractivity contribution >= 4 is 23.2 Å². The van der Waals surface area contributed by atoms with Gasteiger partial charge in [0.25, 0.3) is 0 Å². The highest BCUT2D eigenvalue weighted by atomic mass is 35.5. The van der Waals surface area contributed by atoms with Crippen molar-refractivity contribution < 1.29 is 14.9 Å². The molecule has 142 valence electrons. The van der Waals surface area contributed by atoms with Crippen molar-refractivity contribution in [3.05, 3.63) is 35.7 Å². The molecule has 3 aromatic heterocycles. The standard InChI is InChI=1S/C17H19ClN6O3/c1-10(4-6-25)27-13-7-15(20-9-12(13)18)22-14-3-5-19-16(23-14)11-8-21-24(2)17(11)26/h3,5,7-10,25-26H,4,6H2,1-2H3,(H,19,20,22,23). The minimum Gasteiger partial charge on any atom is -0.493 e.